The molecule has 0 saturated carbocycles. The van der Waals surface area contributed by atoms with E-state index < -0.39 is 27.3 Å². The van der Waals surface area contributed by atoms with Gasteiger partial charge in [0.1, 0.15) is 11.6 Å². The van der Waals surface area contributed by atoms with Gasteiger partial charge in [-0.3, -0.25) is 14.5 Å². The molecule has 2 atom stereocenters. The van der Waals surface area contributed by atoms with E-state index in [2.05, 4.69) is 10.2 Å². The molecule has 0 radical (unpaired) electrons. The van der Waals surface area contributed by atoms with Crippen LogP contribution in [0.15, 0.2) is 54.6 Å². The summed E-state index contributed by atoms with van der Waals surface area (Å²) >= 11 is 0. The number of rotatable bonds is 9. The summed E-state index contributed by atoms with van der Waals surface area (Å²) in [6.45, 7) is 1.13. The van der Waals surface area contributed by atoms with E-state index >= 15 is 0 Å². The second-order valence-corrected chi connectivity index (χ2v) is 11.8. The Hall–Kier alpha value is -2.78. The van der Waals surface area contributed by atoms with Crippen LogP contribution < -0.4 is 5.32 Å². The van der Waals surface area contributed by atoms with E-state index in [1.807, 2.05) is 18.2 Å². The summed E-state index contributed by atoms with van der Waals surface area (Å²) in [4.78, 5) is 29.3. The predicted molar refractivity (Wildman–Crippen MR) is 132 cm³/mol. The molecule has 2 fully saturated rings. The summed E-state index contributed by atoms with van der Waals surface area (Å²) in [6, 6.07) is 15.9. The highest BCUT2D eigenvalue weighted by Crippen LogP contribution is 2.35. The third kappa shape index (κ3) is 6.89. The van der Waals surface area contributed by atoms with Crippen LogP contribution in [0.4, 0.5) is 4.39 Å². The molecule has 188 valence electrons. The van der Waals surface area contributed by atoms with Crippen molar-refractivity contribution in [3.63, 3.8) is 0 Å². The van der Waals surface area contributed by atoms with Crippen LogP contribution in [0.1, 0.15) is 41.6 Å². The highest BCUT2D eigenvalue weighted by molar-refractivity contribution is 7.91. The number of carbonyl (C=O) groups is 2. The van der Waals surface area contributed by atoms with Crippen LogP contribution in [-0.4, -0.2) is 73.3 Å². The summed E-state index contributed by atoms with van der Waals surface area (Å²) in [6.07, 6.45) is 4.79. The van der Waals surface area contributed by atoms with Crippen molar-refractivity contribution in [3.05, 3.63) is 71.5 Å². The molecule has 2 amide bonds. The van der Waals surface area contributed by atoms with Gasteiger partial charge in [0.05, 0.1) is 0 Å². The number of sulfone groups is 1. The first kappa shape index (κ1) is 25.3. The number of nitrogens with one attached hydrogen (secondary N) is 1. The van der Waals surface area contributed by atoms with Gasteiger partial charge in [-0.1, -0.05) is 30.3 Å². The monoisotopic (exact) mass is 501 g/mol. The van der Waals surface area contributed by atoms with Gasteiger partial charge in [-0.25, -0.2) is 12.8 Å². The van der Waals surface area contributed by atoms with Crippen molar-refractivity contribution in [2.75, 3.05) is 25.1 Å². The topological polar surface area (TPSA) is 86.8 Å². The number of hydrogen-bond donors (Lipinski definition) is 1. The number of amides is 2. The van der Waals surface area contributed by atoms with Gasteiger partial charge in [-0.15, -0.1) is 0 Å². The van der Waals surface area contributed by atoms with E-state index in [4.69, 9.17) is 0 Å². The fourth-order valence-corrected chi connectivity index (χ4v) is 5.95. The fraction of sp³-hybridized carbons (Fsp3) is 0.462. The Labute approximate surface area is 206 Å². The number of piperidine rings is 1. The minimum absolute atomic E-state index is 0.0592. The van der Waals surface area contributed by atoms with Crippen LogP contribution in [-0.2, 0) is 21.2 Å². The van der Waals surface area contributed by atoms with E-state index in [1.165, 1.54) is 17.0 Å². The molecule has 0 aromatic heterocycles. The van der Waals surface area contributed by atoms with Crippen molar-refractivity contribution in [1.29, 1.82) is 0 Å². The van der Waals surface area contributed by atoms with Crippen LogP contribution in [0.2, 0.25) is 0 Å². The van der Waals surface area contributed by atoms with E-state index in [1.54, 1.807) is 24.3 Å². The molecule has 2 heterocycles. The van der Waals surface area contributed by atoms with E-state index in [9.17, 15) is 22.4 Å². The van der Waals surface area contributed by atoms with Crippen LogP contribution in [0, 0.1) is 5.82 Å². The average Bonchev–Trinajstić information content (AvgIpc) is 3.03. The second-order valence-electron chi connectivity index (χ2n) is 9.65. The molecule has 1 N–H and O–H groups in total. The Morgan fingerprint density at radius 1 is 1.06 bits per heavy atom. The maximum atomic E-state index is 13.7. The summed E-state index contributed by atoms with van der Waals surface area (Å²) < 4.78 is 37.2. The first-order valence-electron chi connectivity index (χ1n) is 12.0. The average molecular weight is 502 g/mol. The Morgan fingerprint density at radius 2 is 1.74 bits per heavy atom. The first-order valence-corrected chi connectivity index (χ1v) is 14.1. The molecule has 7 nitrogen and oxygen atoms in total. The number of hydrogen-bond acceptors (Lipinski definition) is 5. The third-order valence-corrected chi connectivity index (χ3v) is 7.66. The van der Waals surface area contributed by atoms with Crippen molar-refractivity contribution in [2.24, 2.45) is 0 Å². The van der Waals surface area contributed by atoms with Gasteiger partial charge in [-0.05, 0) is 55.5 Å². The Morgan fingerprint density at radius 3 is 2.37 bits per heavy atom. The minimum atomic E-state index is -3.48. The number of fused-ring (bicyclic) bond motifs is 2. The molecule has 9 heteroatoms. The quantitative estimate of drug-likeness (QED) is 0.571. The van der Waals surface area contributed by atoms with Gasteiger partial charge >= 0.3 is 0 Å². The zero-order valence-corrected chi connectivity index (χ0v) is 20.7. The largest absolute Gasteiger partial charge is 0.349 e. The van der Waals surface area contributed by atoms with E-state index in [0.29, 0.717) is 36.3 Å². The molecule has 2 aromatic carbocycles. The standard InChI is InChI=1S/C26H32FN3O4S/c1-35(33,34)18-25(31)29(17-19-6-5-9-21(27)14-19)12-13-30-23-10-11-24(30)16-22(15-23)28-26(32)20-7-3-2-4-8-20/h2-9,14,22-24H,10-13,15-18H2,1H3,(H,28,32). The lowest BCUT2D eigenvalue weighted by Gasteiger charge is -2.40. The maximum absolute atomic E-state index is 13.7. The molecule has 2 aliphatic heterocycles. The van der Waals surface area contributed by atoms with Crippen LogP contribution in [0.5, 0.6) is 0 Å². The van der Waals surface area contributed by atoms with Crippen LogP contribution in [0.3, 0.4) is 0 Å². The second kappa shape index (κ2) is 10.9. The van der Waals surface area contributed by atoms with Gasteiger partial charge in [-0.2, -0.15) is 0 Å². The number of halogens is 1. The Bertz CT molecular complexity index is 1140. The third-order valence-electron chi connectivity index (χ3n) is 6.88. The van der Waals surface area contributed by atoms with Gasteiger partial charge in [0.15, 0.2) is 9.84 Å². The lowest BCUT2D eigenvalue weighted by Crippen LogP contribution is -2.52. The highest BCUT2D eigenvalue weighted by atomic mass is 32.2. The molecule has 2 aliphatic rings. The Balaban J connectivity index is 1.38. The molecule has 2 aromatic rings. The van der Waals surface area contributed by atoms with Gasteiger partial charge in [0, 0.05) is 49.6 Å². The summed E-state index contributed by atoms with van der Waals surface area (Å²) in [5, 5.41) is 3.17. The van der Waals surface area contributed by atoms with Crippen LogP contribution >= 0.6 is 0 Å². The minimum Gasteiger partial charge on any atom is -0.349 e. The number of benzene rings is 2. The molecule has 0 spiro atoms. The number of nitrogens with zero attached hydrogens (tertiary/aromatic N) is 2. The Kier molecular flexibility index (Phi) is 7.86. The van der Waals surface area contributed by atoms with Crippen molar-refractivity contribution in [2.45, 2.75) is 50.4 Å². The zero-order chi connectivity index (χ0) is 25.0. The lowest BCUT2D eigenvalue weighted by atomic mass is 9.97. The van der Waals surface area contributed by atoms with Gasteiger partial charge in [0.25, 0.3) is 5.91 Å². The molecule has 0 aliphatic carbocycles. The van der Waals surface area contributed by atoms with Crippen molar-refractivity contribution in [1.82, 2.24) is 15.1 Å². The summed E-state index contributed by atoms with van der Waals surface area (Å²) in [7, 11) is -3.48. The zero-order valence-electron chi connectivity index (χ0n) is 19.9. The van der Waals surface area contributed by atoms with Crippen molar-refractivity contribution < 1.29 is 22.4 Å². The van der Waals surface area contributed by atoms with Gasteiger partial charge < -0.3 is 10.2 Å². The van der Waals surface area contributed by atoms with Gasteiger partial charge in [0.2, 0.25) is 5.91 Å². The molecular weight excluding hydrogens is 469 g/mol. The summed E-state index contributed by atoms with van der Waals surface area (Å²) in [5.74, 6) is -1.50. The van der Waals surface area contributed by atoms with E-state index in [-0.39, 0.29) is 18.5 Å². The summed E-state index contributed by atoms with van der Waals surface area (Å²) in [5.41, 5.74) is 1.27. The normalized spacial score (nSPS) is 22.1. The SMILES string of the molecule is CS(=O)(=O)CC(=O)N(CCN1C2CCC1CC(NC(=O)c1ccccc1)C2)Cc1cccc(F)c1. The van der Waals surface area contributed by atoms with Crippen molar-refractivity contribution in [3.8, 4) is 0 Å². The number of carbonyl (C=O) groups excluding carboxylic acids is 2. The smallest absolute Gasteiger partial charge is 0.251 e. The molecule has 2 unspecified atom stereocenters. The highest BCUT2D eigenvalue weighted by Gasteiger charge is 2.41. The maximum Gasteiger partial charge on any atom is 0.251 e. The molecule has 4 rings (SSSR count). The van der Waals surface area contributed by atoms with Crippen LogP contribution in [0.25, 0.3) is 0 Å². The molecule has 2 saturated heterocycles. The predicted octanol–water partition coefficient (Wildman–Crippen LogP) is 2.62. The molecular formula is C26H32FN3O4S. The van der Waals surface area contributed by atoms with E-state index in [0.717, 1.165) is 31.9 Å². The first-order chi connectivity index (χ1) is 16.7. The van der Waals surface area contributed by atoms with Crippen molar-refractivity contribution >= 4 is 21.7 Å². The molecule has 2 bridgehead atoms. The lowest BCUT2D eigenvalue weighted by molar-refractivity contribution is -0.129. The fourth-order valence-electron chi connectivity index (χ4n) is 5.31. The molecule has 35 heavy (non-hydrogen) atoms.